The van der Waals surface area contributed by atoms with Crippen molar-refractivity contribution in [3.63, 3.8) is 0 Å². The van der Waals surface area contributed by atoms with Gasteiger partial charge in [0.1, 0.15) is 5.75 Å². The highest BCUT2D eigenvalue weighted by Gasteiger charge is 2.16. The number of anilines is 1. The summed E-state index contributed by atoms with van der Waals surface area (Å²) in [6.45, 7) is 6.07. The van der Waals surface area contributed by atoms with Crippen molar-refractivity contribution in [2.75, 3.05) is 12.4 Å². The van der Waals surface area contributed by atoms with Crippen molar-refractivity contribution in [3.8, 4) is 5.75 Å². The van der Waals surface area contributed by atoms with Crippen molar-refractivity contribution in [2.45, 2.75) is 58.9 Å². The van der Waals surface area contributed by atoms with Gasteiger partial charge in [0.05, 0.1) is 7.11 Å². The zero-order valence-electron chi connectivity index (χ0n) is 21.1. The van der Waals surface area contributed by atoms with Crippen LogP contribution in [0.4, 0.5) is 5.69 Å². The molecule has 2 aromatic carbocycles. The Kier molecular flexibility index (Phi) is 9.41. The molecule has 0 unspecified atom stereocenters. The summed E-state index contributed by atoms with van der Waals surface area (Å²) < 4.78 is 5.33. The number of methoxy groups -OCH3 is 1. The number of benzene rings is 2. The molecular formula is C29H35N3O3. The lowest BCUT2D eigenvalue weighted by atomic mass is 10.00. The average molecular weight is 474 g/mol. The molecule has 35 heavy (non-hydrogen) atoms. The lowest BCUT2D eigenvalue weighted by Crippen LogP contribution is -2.36. The number of aromatic nitrogens is 1. The van der Waals surface area contributed by atoms with E-state index < -0.39 is 0 Å². The fraction of sp³-hybridized carbons (Fsp3) is 0.345. The summed E-state index contributed by atoms with van der Waals surface area (Å²) in [5.41, 5.74) is 4.75. The number of amides is 2. The second-order valence-corrected chi connectivity index (χ2v) is 8.68. The number of ether oxygens (including phenoxy) is 1. The van der Waals surface area contributed by atoms with Crippen LogP contribution in [0, 0.1) is 6.92 Å². The molecule has 3 rings (SSSR count). The number of aryl methyl sites for hydroxylation is 1. The van der Waals surface area contributed by atoms with Crippen LogP contribution in [0.15, 0.2) is 60.8 Å². The Labute approximate surface area is 208 Å². The first-order valence-electron chi connectivity index (χ1n) is 12.2. The molecule has 6 nitrogen and oxygen atoms in total. The first-order chi connectivity index (χ1) is 16.9. The Morgan fingerprint density at radius 2 is 1.80 bits per heavy atom. The molecule has 2 amide bonds. The van der Waals surface area contributed by atoms with Crippen molar-refractivity contribution < 1.29 is 14.3 Å². The van der Waals surface area contributed by atoms with E-state index in [9.17, 15) is 9.59 Å². The number of carbonyl (C=O) groups is 2. The van der Waals surface area contributed by atoms with Crippen molar-refractivity contribution in [2.24, 2.45) is 0 Å². The van der Waals surface area contributed by atoms with Gasteiger partial charge in [0.2, 0.25) is 0 Å². The molecule has 1 atom stereocenters. The van der Waals surface area contributed by atoms with Crippen LogP contribution in [-0.4, -0.2) is 29.9 Å². The number of nitrogens with zero attached hydrogens (tertiary/aromatic N) is 1. The Morgan fingerprint density at radius 1 is 1.03 bits per heavy atom. The summed E-state index contributed by atoms with van der Waals surface area (Å²) in [5.74, 6) is 0.515. The van der Waals surface area contributed by atoms with Crippen LogP contribution >= 0.6 is 0 Å². The minimum Gasteiger partial charge on any atom is -0.497 e. The minimum atomic E-state index is -0.178. The van der Waals surface area contributed by atoms with E-state index in [2.05, 4.69) is 28.6 Å². The molecule has 1 aromatic heterocycles. The van der Waals surface area contributed by atoms with Gasteiger partial charge in [0.25, 0.3) is 11.8 Å². The van der Waals surface area contributed by atoms with Gasteiger partial charge in [-0.2, -0.15) is 0 Å². The van der Waals surface area contributed by atoms with Gasteiger partial charge in [0.15, 0.2) is 0 Å². The van der Waals surface area contributed by atoms with E-state index in [0.29, 0.717) is 16.8 Å². The normalized spacial score (nSPS) is 11.5. The molecule has 0 radical (unpaired) electrons. The number of pyridine rings is 1. The Hall–Kier alpha value is -3.67. The summed E-state index contributed by atoms with van der Waals surface area (Å²) in [5, 5.41) is 6.12. The van der Waals surface area contributed by atoms with E-state index in [0.717, 1.165) is 54.7 Å². The molecule has 0 saturated heterocycles. The fourth-order valence-corrected chi connectivity index (χ4v) is 4.19. The maximum absolute atomic E-state index is 13.0. The molecule has 0 bridgehead atoms. The van der Waals surface area contributed by atoms with E-state index in [1.807, 2.05) is 32.0 Å². The third-order valence-corrected chi connectivity index (χ3v) is 6.13. The van der Waals surface area contributed by atoms with Crippen LogP contribution in [0.25, 0.3) is 0 Å². The zero-order valence-corrected chi connectivity index (χ0v) is 21.1. The van der Waals surface area contributed by atoms with Crippen molar-refractivity contribution in [1.82, 2.24) is 10.3 Å². The van der Waals surface area contributed by atoms with E-state index in [4.69, 9.17) is 4.74 Å². The molecule has 0 aliphatic heterocycles. The predicted octanol–water partition coefficient (Wildman–Crippen LogP) is 5.74. The van der Waals surface area contributed by atoms with Crippen LogP contribution in [0.2, 0.25) is 0 Å². The highest BCUT2D eigenvalue weighted by atomic mass is 16.5. The SMILES string of the molecule is CCCC[C@@H](Cc1cccc(OC)c1)NC(=O)c1ccc(NC(=O)c2ccnc(C)c2CC)cc1. The Bertz CT molecular complexity index is 1140. The van der Waals surface area contributed by atoms with Gasteiger partial charge in [-0.15, -0.1) is 0 Å². The number of hydrogen-bond acceptors (Lipinski definition) is 4. The fourth-order valence-electron chi connectivity index (χ4n) is 4.19. The quantitative estimate of drug-likeness (QED) is 0.372. The number of rotatable bonds is 11. The van der Waals surface area contributed by atoms with Gasteiger partial charge in [-0.3, -0.25) is 14.6 Å². The highest BCUT2D eigenvalue weighted by Crippen LogP contribution is 2.18. The maximum atomic E-state index is 13.0. The van der Waals surface area contributed by atoms with E-state index in [-0.39, 0.29) is 17.9 Å². The standard InChI is InChI=1S/C29H35N3O3/c1-5-7-10-24(18-21-9-8-11-25(19-21)35-4)32-28(33)22-12-14-23(15-13-22)31-29(34)27-16-17-30-20(3)26(27)6-2/h8-9,11-17,19,24H,5-7,10,18H2,1-4H3,(H,31,34)(H,32,33)/t24-/m0/s1. The van der Waals surface area contributed by atoms with E-state index >= 15 is 0 Å². The van der Waals surface area contributed by atoms with Gasteiger partial charge < -0.3 is 15.4 Å². The van der Waals surface area contributed by atoms with Gasteiger partial charge in [-0.1, -0.05) is 38.8 Å². The molecule has 0 aliphatic carbocycles. The van der Waals surface area contributed by atoms with Gasteiger partial charge in [-0.05, 0) is 79.8 Å². The summed E-state index contributed by atoms with van der Waals surface area (Å²) >= 11 is 0. The minimum absolute atomic E-state index is 0.0244. The van der Waals surface area contributed by atoms with Crippen molar-refractivity contribution >= 4 is 17.5 Å². The topological polar surface area (TPSA) is 80.3 Å². The third kappa shape index (κ3) is 7.15. The Balaban J connectivity index is 1.66. The first-order valence-corrected chi connectivity index (χ1v) is 12.2. The lowest BCUT2D eigenvalue weighted by molar-refractivity contribution is 0.0934. The third-order valence-electron chi connectivity index (χ3n) is 6.13. The van der Waals surface area contributed by atoms with Gasteiger partial charge >= 0.3 is 0 Å². The van der Waals surface area contributed by atoms with Crippen molar-refractivity contribution in [1.29, 1.82) is 0 Å². The molecule has 3 aromatic rings. The predicted molar refractivity (Wildman–Crippen MR) is 140 cm³/mol. The molecule has 0 aliphatic rings. The largest absolute Gasteiger partial charge is 0.497 e. The van der Waals surface area contributed by atoms with Gasteiger partial charge in [-0.25, -0.2) is 0 Å². The van der Waals surface area contributed by atoms with Gasteiger partial charge in [0, 0.05) is 34.7 Å². The molecule has 1 heterocycles. The van der Waals surface area contributed by atoms with Crippen molar-refractivity contribution in [3.05, 3.63) is 88.7 Å². The first kappa shape index (κ1) is 25.9. The number of hydrogen-bond donors (Lipinski definition) is 2. The molecule has 184 valence electrons. The van der Waals surface area contributed by atoms with Crippen LogP contribution in [0.1, 0.15) is 70.6 Å². The number of unbranched alkanes of at least 4 members (excludes halogenated alkanes) is 1. The lowest BCUT2D eigenvalue weighted by Gasteiger charge is -2.19. The average Bonchev–Trinajstić information content (AvgIpc) is 2.87. The van der Waals surface area contributed by atoms with Crippen LogP contribution in [0.3, 0.4) is 0 Å². The second kappa shape index (κ2) is 12.7. The smallest absolute Gasteiger partial charge is 0.256 e. The molecule has 0 saturated carbocycles. The summed E-state index contributed by atoms with van der Waals surface area (Å²) in [7, 11) is 1.66. The molecule has 6 heteroatoms. The molecule has 0 spiro atoms. The summed E-state index contributed by atoms with van der Waals surface area (Å²) in [6.07, 6.45) is 6.12. The molecular weight excluding hydrogens is 438 g/mol. The number of nitrogens with one attached hydrogen (secondary N) is 2. The second-order valence-electron chi connectivity index (χ2n) is 8.68. The monoisotopic (exact) mass is 473 g/mol. The maximum Gasteiger partial charge on any atom is 0.256 e. The number of carbonyl (C=O) groups excluding carboxylic acids is 2. The van der Waals surface area contributed by atoms with E-state index in [1.54, 1.807) is 43.6 Å². The Morgan fingerprint density at radius 3 is 2.49 bits per heavy atom. The van der Waals surface area contributed by atoms with Crippen LogP contribution < -0.4 is 15.4 Å². The van der Waals surface area contributed by atoms with Crippen LogP contribution in [-0.2, 0) is 12.8 Å². The van der Waals surface area contributed by atoms with E-state index in [1.165, 1.54) is 0 Å². The summed E-state index contributed by atoms with van der Waals surface area (Å²) in [6, 6.07) is 16.7. The highest BCUT2D eigenvalue weighted by molar-refractivity contribution is 6.05. The molecule has 2 N–H and O–H groups in total. The zero-order chi connectivity index (χ0) is 25.2. The van der Waals surface area contributed by atoms with Crippen LogP contribution in [0.5, 0.6) is 5.75 Å². The summed E-state index contributed by atoms with van der Waals surface area (Å²) in [4.78, 5) is 30.1. The molecule has 0 fully saturated rings.